The molecular formula is C26H27N3OS3. The highest BCUT2D eigenvalue weighted by atomic mass is 32.2. The van der Waals surface area contributed by atoms with E-state index >= 15 is 0 Å². The number of thioether (sulfide) groups is 2. The fourth-order valence-electron chi connectivity index (χ4n) is 4.34. The first-order valence-corrected chi connectivity index (χ1v) is 13.9. The molecule has 0 saturated carbocycles. The largest absolute Gasteiger partial charge is 0.355 e. The van der Waals surface area contributed by atoms with Crippen molar-refractivity contribution in [2.45, 2.75) is 42.5 Å². The smallest absolute Gasteiger partial charge is 0.269 e. The Morgan fingerprint density at radius 2 is 1.61 bits per heavy atom. The summed E-state index contributed by atoms with van der Waals surface area (Å²) >= 11 is 5.22. The van der Waals surface area contributed by atoms with Gasteiger partial charge >= 0.3 is 0 Å². The van der Waals surface area contributed by atoms with Crippen molar-refractivity contribution >= 4 is 58.4 Å². The van der Waals surface area contributed by atoms with Crippen LogP contribution in [0.15, 0.2) is 74.2 Å². The summed E-state index contributed by atoms with van der Waals surface area (Å²) in [5.74, 6) is 0. The van der Waals surface area contributed by atoms with E-state index in [1.165, 1.54) is 26.2 Å². The molecule has 3 heterocycles. The van der Waals surface area contributed by atoms with Gasteiger partial charge in [0.15, 0.2) is 0 Å². The average molecular weight is 494 g/mol. The van der Waals surface area contributed by atoms with Crippen LogP contribution < -0.4 is 24.6 Å². The van der Waals surface area contributed by atoms with Crippen LogP contribution in [0, 0.1) is 0 Å². The van der Waals surface area contributed by atoms with Gasteiger partial charge in [-0.05, 0) is 63.3 Å². The van der Waals surface area contributed by atoms with Gasteiger partial charge in [0, 0.05) is 29.4 Å². The summed E-state index contributed by atoms with van der Waals surface area (Å²) in [5.41, 5.74) is 2.62. The molecule has 2 aliphatic heterocycles. The van der Waals surface area contributed by atoms with Crippen molar-refractivity contribution < 1.29 is 0 Å². The second-order valence-corrected chi connectivity index (χ2v) is 11.1. The van der Waals surface area contributed by atoms with Crippen LogP contribution in [-0.4, -0.2) is 23.0 Å². The second kappa shape index (κ2) is 9.49. The molecular weight excluding hydrogens is 467 g/mol. The highest BCUT2D eigenvalue weighted by Crippen LogP contribution is 2.45. The van der Waals surface area contributed by atoms with Crippen LogP contribution in [0.3, 0.4) is 0 Å². The maximum Gasteiger partial charge on any atom is 0.269 e. The summed E-state index contributed by atoms with van der Waals surface area (Å²) in [5, 5.41) is 1.36. The van der Waals surface area contributed by atoms with Gasteiger partial charge in [-0.15, -0.1) is 11.3 Å². The molecule has 0 amide bonds. The number of thiazole rings is 1. The molecule has 0 saturated heterocycles. The Hall–Kier alpha value is -2.35. The summed E-state index contributed by atoms with van der Waals surface area (Å²) in [6.45, 7) is 8.90. The molecule has 5 rings (SSSR count). The molecule has 0 radical (unpaired) electrons. The third kappa shape index (κ3) is 4.07. The number of aromatic nitrogens is 1. The molecule has 0 bridgehead atoms. The first-order chi connectivity index (χ1) is 16.1. The molecule has 0 spiro atoms. The van der Waals surface area contributed by atoms with E-state index in [9.17, 15) is 4.79 Å². The van der Waals surface area contributed by atoms with Gasteiger partial charge in [-0.25, -0.2) is 0 Å². The van der Waals surface area contributed by atoms with Gasteiger partial charge in [0.2, 0.25) is 0 Å². The van der Waals surface area contributed by atoms with Crippen molar-refractivity contribution in [2.24, 2.45) is 0 Å². The van der Waals surface area contributed by atoms with E-state index in [4.69, 9.17) is 0 Å². The van der Waals surface area contributed by atoms with Crippen molar-refractivity contribution in [3.05, 3.63) is 79.2 Å². The fraction of sp³-hybridized carbons (Fsp3) is 0.269. The Morgan fingerprint density at radius 1 is 0.879 bits per heavy atom. The van der Waals surface area contributed by atoms with Crippen molar-refractivity contribution in [1.82, 2.24) is 4.57 Å². The molecule has 0 aliphatic carbocycles. The molecule has 3 aromatic rings. The first-order valence-electron chi connectivity index (χ1n) is 11.3. The maximum atomic E-state index is 13.2. The number of para-hydroxylation sites is 2. The molecule has 0 N–H and O–H groups in total. The zero-order valence-electron chi connectivity index (χ0n) is 19.0. The molecule has 1 atom stereocenters. The summed E-state index contributed by atoms with van der Waals surface area (Å²) in [4.78, 5) is 20.5. The van der Waals surface area contributed by atoms with Gasteiger partial charge in [0.05, 0.1) is 25.6 Å². The van der Waals surface area contributed by atoms with Crippen molar-refractivity contribution in [1.29, 1.82) is 0 Å². The van der Waals surface area contributed by atoms with Crippen LogP contribution in [-0.2, 0) is 6.54 Å². The number of fused-ring (bicyclic) bond motifs is 2. The molecule has 7 heteroatoms. The van der Waals surface area contributed by atoms with E-state index in [0.29, 0.717) is 6.54 Å². The highest BCUT2D eigenvalue weighted by Gasteiger charge is 2.27. The fourth-order valence-corrected chi connectivity index (χ4v) is 7.95. The SMILES string of the molecule is CCN1/C(=C\C=c2/s/c(=C\C3Sc4ccccc4N3CC)n(CC)c2=O)Sc2ccccc21. The molecule has 170 valence electrons. The molecule has 4 nitrogen and oxygen atoms in total. The van der Waals surface area contributed by atoms with Gasteiger partial charge in [0.1, 0.15) is 5.37 Å². The van der Waals surface area contributed by atoms with E-state index < -0.39 is 0 Å². The Bertz CT molecular complexity index is 1390. The van der Waals surface area contributed by atoms with Gasteiger partial charge in [-0.3, -0.25) is 9.36 Å². The zero-order valence-corrected chi connectivity index (χ0v) is 21.5. The number of nitrogens with zero attached hydrogens (tertiary/aromatic N) is 3. The molecule has 0 fully saturated rings. The third-order valence-electron chi connectivity index (χ3n) is 5.94. The van der Waals surface area contributed by atoms with Crippen molar-refractivity contribution in [3.8, 4) is 0 Å². The predicted molar refractivity (Wildman–Crippen MR) is 145 cm³/mol. The topological polar surface area (TPSA) is 28.5 Å². The summed E-state index contributed by atoms with van der Waals surface area (Å²) in [6, 6.07) is 17.0. The van der Waals surface area contributed by atoms with Crippen molar-refractivity contribution in [3.63, 3.8) is 0 Å². The number of rotatable bonds is 5. The Kier molecular flexibility index (Phi) is 6.45. The average Bonchev–Trinajstić information content (AvgIpc) is 3.47. The quantitative estimate of drug-likeness (QED) is 0.503. The summed E-state index contributed by atoms with van der Waals surface area (Å²) < 4.78 is 3.72. The minimum Gasteiger partial charge on any atom is -0.355 e. The molecule has 1 aromatic heterocycles. The highest BCUT2D eigenvalue weighted by molar-refractivity contribution is 8.03. The standard InChI is InChI=1S/C26H27N3OS3/c1-4-27-18-11-7-9-13-20(18)31-23(27)16-15-22-26(30)29(6-3)25(33-22)17-24-28(5-2)19-12-8-10-14-21(19)32-24/h7-17,24H,4-6H2,1-3H3/b22-15-,23-16+,25-17-. The normalized spacial score (nSPS) is 19.6. The van der Waals surface area contributed by atoms with Crippen LogP contribution in [0.2, 0.25) is 0 Å². The minimum absolute atomic E-state index is 0.0951. The minimum atomic E-state index is 0.0951. The van der Waals surface area contributed by atoms with Gasteiger partial charge in [0.25, 0.3) is 5.56 Å². The predicted octanol–water partition coefficient (Wildman–Crippen LogP) is 4.92. The van der Waals surface area contributed by atoms with Crippen LogP contribution in [0.25, 0.3) is 12.2 Å². The first kappa shape index (κ1) is 22.4. The molecule has 2 aromatic carbocycles. The third-order valence-corrected chi connectivity index (χ3v) is 9.40. The summed E-state index contributed by atoms with van der Waals surface area (Å²) in [6.07, 6.45) is 6.36. The number of benzene rings is 2. The molecule has 2 aliphatic rings. The van der Waals surface area contributed by atoms with Gasteiger partial charge in [-0.2, -0.15) is 0 Å². The lowest BCUT2D eigenvalue weighted by Gasteiger charge is -2.22. The van der Waals surface area contributed by atoms with E-state index in [1.807, 2.05) is 29.3 Å². The van der Waals surface area contributed by atoms with Crippen LogP contribution in [0.5, 0.6) is 0 Å². The number of hydrogen-bond donors (Lipinski definition) is 0. The van der Waals surface area contributed by atoms with Crippen molar-refractivity contribution in [2.75, 3.05) is 22.9 Å². The van der Waals surface area contributed by atoms with E-state index in [-0.39, 0.29) is 10.9 Å². The Balaban J connectivity index is 1.52. The Labute approximate surface area is 206 Å². The molecule has 33 heavy (non-hydrogen) atoms. The lowest BCUT2D eigenvalue weighted by atomic mass is 10.3. The zero-order chi connectivity index (χ0) is 22.9. The van der Waals surface area contributed by atoms with Crippen LogP contribution in [0.1, 0.15) is 20.8 Å². The lowest BCUT2D eigenvalue weighted by molar-refractivity contribution is 0.720. The van der Waals surface area contributed by atoms with Crippen LogP contribution >= 0.6 is 34.9 Å². The maximum absolute atomic E-state index is 13.2. The van der Waals surface area contributed by atoms with Crippen LogP contribution in [0.4, 0.5) is 11.4 Å². The van der Waals surface area contributed by atoms with E-state index in [2.05, 4.69) is 84.3 Å². The lowest BCUT2D eigenvalue weighted by Crippen LogP contribution is -2.33. The second-order valence-electron chi connectivity index (χ2n) is 7.77. The number of allylic oxidation sites excluding steroid dienone is 1. The van der Waals surface area contributed by atoms with Gasteiger partial charge in [-0.1, -0.05) is 47.8 Å². The summed E-state index contributed by atoms with van der Waals surface area (Å²) in [7, 11) is 0. The number of hydrogen-bond acceptors (Lipinski definition) is 6. The monoisotopic (exact) mass is 493 g/mol. The van der Waals surface area contributed by atoms with Gasteiger partial charge < -0.3 is 9.80 Å². The molecule has 1 unspecified atom stereocenters. The Morgan fingerprint density at radius 3 is 2.33 bits per heavy atom. The van der Waals surface area contributed by atoms with E-state index in [1.54, 1.807) is 23.1 Å². The van der Waals surface area contributed by atoms with E-state index in [0.717, 1.165) is 22.3 Å². The number of anilines is 2.